The van der Waals surface area contributed by atoms with Crippen LogP contribution in [0.15, 0.2) is 0 Å². The fraction of sp³-hybridized carbons (Fsp3) is 0.930. The molecule has 0 aliphatic heterocycles. The Bertz CT molecular complexity index is 723. The van der Waals surface area contributed by atoms with Gasteiger partial charge in [-0.25, -0.2) is 0 Å². The van der Waals surface area contributed by atoms with Crippen molar-refractivity contribution >= 4 is 17.9 Å². The highest BCUT2D eigenvalue weighted by atomic mass is 16.6. The number of carbonyl (C=O) groups is 3. The molecule has 0 amide bonds. The molecule has 1 atom stereocenters. The minimum Gasteiger partial charge on any atom is -0.462 e. The molecule has 0 saturated heterocycles. The van der Waals surface area contributed by atoms with Gasteiger partial charge in [0.15, 0.2) is 6.10 Å². The molecule has 0 aromatic rings. The second kappa shape index (κ2) is 39.2. The van der Waals surface area contributed by atoms with Gasteiger partial charge in [0, 0.05) is 19.3 Å². The summed E-state index contributed by atoms with van der Waals surface area (Å²) < 4.78 is 16.5. The van der Waals surface area contributed by atoms with Crippen molar-refractivity contribution in [1.82, 2.24) is 0 Å². The molecule has 6 heteroatoms. The maximum atomic E-state index is 12.5. The SMILES string of the molecule is CCCCCCCCCCCCCCCCCCCCC(=O)OCC(COC(=O)CCCCCCCC)OC(=O)CCCCCCCCC. The Labute approximate surface area is 304 Å². The van der Waals surface area contributed by atoms with Crippen molar-refractivity contribution < 1.29 is 28.6 Å². The number of esters is 3. The summed E-state index contributed by atoms with van der Waals surface area (Å²) >= 11 is 0. The molecule has 0 fully saturated rings. The zero-order valence-electron chi connectivity index (χ0n) is 33.0. The van der Waals surface area contributed by atoms with Crippen LogP contribution in [0.1, 0.15) is 239 Å². The van der Waals surface area contributed by atoms with Gasteiger partial charge in [0.25, 0.3) is 0 Å². The van der Waals surface area contributed by atoms with E-state index in [2.05, 4.69) is 20.8 Å². The van der Waals surface area contributed by atoms with Crippen LogP contribution in [-0.2, 0) is 28.6 Å². The molecule has 1 unspecified atom stereocenters. The molecule has 0 N–H and O–H groups in total. The van der Waals surface area contributed by atoms with E-state index in [1.165, 1.54) is 141 Å². The van der Waals surface area contributed by atoms with Gasteiger partial charge in [-0.15, -0.1) is 0 Å². The first kappa shape index (κ1) is 47.4. The van der Waals surface area contributed by atoms with Gasteiger partial charge in [0.2, 0.25) is 0 Å². The summed E-state index contributed by atoms with van der Waals surface area (Å²) in [7, 11) is 0. The zero-order chi connectivity index (χ0) is 35.9. The van der Waals surface area contributed by atoms with Crippen molar-refractivity contribution in [3.63, 3.8) is 0 Å². The minimum absolute atomic E-state index is 0.0645. The Hall–Kier alpha value is -1.59. The second-order valence-corrected chi connectivity index (χ2v) is 14.6. The number of hydrogen-bond donors (Lipinski definition) is 0. The first-order chi connectivity index (χ1) is 24.0. The lowest BCUT2D eigenvalue weighted by atomic mass is 10.0. The quantitative estimate of drug-likeness (QED) is 0.0362. The van der Waals surface area contributed by atoms with Crippen LogP contribution >= 0.6 is 0 Å². The van der Waals surface area contributed by atoms with E-state index in [1.54, 1.807) is 0 Å². The summed E-state index contributed by atoms with van der Waals surface area (Å²) in [5.41, 5.74) is 0. The Kier molecular flexibility index (Phi) is 37.9. The summed E-state index contributed by atoms with van der Waals surface area (Å²) in [4.78, 5) is 37.3. The van der Waals surface area contributed by atoms with Crippen molar-refractivity contribution in [2.24, 2.45) is 0 Å². The number of rotatable bonds is 39. The maximum Gasteiger partial charge on any atom is 0.306 e. The topological polar surface area (TPSA) is 78.9 Å². The predicted molar refractivity (Wildman–Crippen MR) is 206 cm³/mol. The van der Waals surface area contributed by atoms with Crippen molar-refractivity contribution in [3.05, 3.63) is 0 Å². The van der Waals surface area contributed by atoms with Gasteiger partial charge in [-0.2, -0.15) is 0 Å². The molecule has 0 heterocycles. The number of unbranched alkanes of at least 4 members (excludes halogenated alkanes) is 28. The van der Waals surface area contributed by atoms with E-state index in [-0.39, 0.29) is 31.1 Å². The third-order valence-corrected chi connectivity index (χ3v) is 9.61. The molecule has 6 nitrogen and oxygen atoms in total. The van der Waals surface area contributed by atoms with Crippen LogP contribution in [0.3, 0.4) is 0 Å². The Morgan fingerprint density at radius 3 is 0.816 bits per heavy atom. The van der Waals surface area contributed by atoms with E-state index in [0.29, 0.717) is 19.3 Å². The van der Waals surface area contributed by atoms with Crippen LogP contribution in [0.4, 0.5) is 0 Å². The van der Waals surface area contributed by atoms with Crippen molar-refractivity contribution in [2.75, 3.05) is 13.2 Å². The predicted octanol–water partition coefficient (Wildman–Crippen LogP) is 13.3. The van der Waals surface area contributed by atoms with Crippen molar-refractivity contribution in [2.45, 2.75) is 245 Å². The van der Waals surface area contributed by atoms with Crippen LogP contribution < -0.4 is 0 Å². The van der Waals surface area contributed by atoms with E-state index >= 15 is 0 Å². The summed E-state index contributed by atoms with van der Waals surface area (Å²) in [5.74, 6) is -0.873. The van der Waals surface area contributed by atoms with E-state index in [4.69, 9.17) is 14.2 Å². The lowest BCUT2D eigenvalue weighted by molar-refractivity contribution is -0.167. The normalized spacial score (nSPS) is 11.8. The molecule has 0 aliphatic rings. The van der Waals surface area contributed by atoms with Gasteiger partial charge >= 0.3 is 17.9 Å². The Morgan fingerprint density at radius 1 is 0.327 bits per heavy atom. The Balaban J connectivity index is 4.08. The zero-order valence-corrected chi connectivity index (χ0v) is 33.0. The van der Waals surface area contributed by atoms with Gasteiger partial charge in [-0.05, 0) is 19.3 Å². The number of hydrogen-bond acceptors (Lipinski definition) is 6. The van der Waals surface area contributed by atoms with Gasteiger partial charge in [0.1, 0.15) is 13.2 Å². The van der Waals surface area contributed by atoms with E-state index in [9.17, 15) is 14.4 Å². The van der Waals surface area contributed by atoms with Crippen LogP contribution in [0.5, 0.6) is 0 Å². The fourth-order valence-electron chi connectivity index (χ4n) is 6.32. The van der Waals surface area contributed by atoms with Crippen LogP contribution in [0.2, 0.25) is 0 Å². The molecule has 49 heavy (non-hydrogen) atoms. The largest absolute Gasteiger partial charge is 0.462 e. The molecule has 290 valence electrons. The lowest BCUT2D eigenvalue weighted by Crippen LogP contribution is -2.30. The summed E-state index contributed by atoms with van der Waals surface area (Å²) in [6.07, 6.45) is 38.4. The van der Waals surface area contributed by atoms with Crippen molar-refractivity contribution in [3.8, 4) is 0 Å². The molecule has 0 saturated carbocycles. The highest BCUT2D eigenvalue weighted by molar-refractivity contribution is 5.71. The third-order valence-electron chi connectivity index (χ3n) is 9.61. The van der Waals surface area contributed by atoms with Gasteiger partial charge in [-0.3, -0.25) is 14.4 Å². The van der Waals surface area contributed by atoms with Crippen LogP contribution in [0.25, 0.3) is 0 Å². The molecule has 0 spiro atoms. The fourth-order valence-corrected chi connectivity index (χ4v) is 6.32. The van der Waals surface area contributed by atoms with Crippen LogP contribution in [-0.4, -0.2) is 37.2 Å². The molecular weight excluding hydrogens is 612 g/mol. The van der Waals surface area contributed by atoms with Gasteiger partial charge in [-0.1, -0.05) is 201 Å². The molecule has 0 aromatic heterocycles. The molecular formula is C43H82O6. The van der Waals surface area contributed by atoms with E-state index in [1.807, 2.05) is 0 Å². The lowest BCUT2D eigenvalue weighted by Gasteiger charge is -2.18. The number of ether oxygens (including phenoxy) is 3. The highest BCUT2D eigenvalue weighted by Crippen LogP contribution is 2.15. The Morgan fingerprint density at radius 2 is 0.551 bits per heavy atom. The minimum atomic E-state index is -0.755. The standard InChI is InChI=1S/C43H82O6/c1-4-7-10-13-16-17-18-19-20-21-22-23-24-25-26-28-30-33-36-42(45)48-39-40(38-47-41(44)35-32-29-15-12-9-6-3)49-43(46)37-34-31-27-14-11-8-5-2/h40H,4-39H2,1-3H3. The molecule has 0 radical (unpaired) electrons. The van der Waals surface area contributed by atoms with Gasteiger partial charge in [0.05, 0.1) is 0 Å². The molecule has 0 aliphatic carbocycles. The van der Waals surface area contributed by atoms with E-state index in [0.717, 1.165) is 57.8 Å². The third kappa shape index (κ3) is 37.5. The van der Waals surface area contributed by atoms with Crippen molar-refractivity contribution in [1.29, 1.82) is 0 Å². The highest BCUT2D eigenvalue weighted by Gasteiger charge is 2.19. The molecule has 0 bridgehead atoms. The first-order valence-corrected chi connectivity index (χ1v) is 21.5. The summed E-state index contributed by atoms with van der Waals surface area (Å²) in [5, 5.41) is 0. The average Bonchev–Trinajstić information content (AvgIpc) is 3.10. The maximum absolute atomic E-state index is 12.5. The monoisotopic (exact) mass is 695 g/mol. The summed E-state index contributed by atoms with van der Waals surface area (Å²) in [6, 6.07) is 0. The molecule has 0 rings (SSSR count). The first-order valence-electron chi connectivity index (χ1n) is 21.5. The van der Waals surface area contributed by atoms with Crippen LogP contribution in [0, 0.1) is 0 Å². The number of carbonyl (C=O) groups excluding carboxylic acids is 3. The van der Waals surface area contributed by atoms with Gasteiger partial charge < -0.3 is 14.2 Å². The summed E-state index contributed by atoms with van der Waals surface area (Å²) in [6.45, 7) is 6.55. The van der Waals surface area contributed by atoms with E-state index < -0.39 is 6.10 Å². The molecule has 0 aromatic carbocycles. The smallest absolute Gasteiger partial charge is 0.306 e. The second-order valence-electron chi connectivity index (χ2n) is 14.6. The average molecular weight is 695 g/mol.